The minimum atomic E-state index is -0.953. The largest absolute Gasteiger partial charge is 0.504 e. The molecule has 0 unspecified atom stereocenters. The van der Waals surface area contributed by atoms with Crippen LogP contribution in [0.5, 0.6) is 11.5 Å². The standard InChI is InChI=1S/C12H14Br2N2O5/c13-9-6(4-7(17)11(20)10(9)14)5-16(12(15)21)3-1-2-8(18)19/h4,17,20H,1-3,5H2,(H2,15,21)(H,18,19). The molecule has 0 aliphatic rings. The topological polar surface area (TPSA) is 124 Å². The Bertz CT molecular complexity index is 565. The van der Waals surface area contributed by atoms with Gasteiger partial charge in [0.05, 0.1) is 4.47 Å². The molecular weight excluding hydrogens is 412 g/mol. The van der Waals surface area contributed by atoms with Crippen molar-refractivity contribution in [3.63, 3.8) is 0 Å². The average Bonchev–Trinajstić information content (AvgIpc) is 2.40. The number of carbonyl (C=O) groups excluding carboxylic acids is 1. The molecule has 1 rings (SSSR count). The highest BCUT2D eigenvalue weighted by Crippen LogP contribution is 2.41. The van der Waals surface area contributed by atoms with Crippen LogP contribution in [0.2, 0.25) is 0 Å². The lowest BCUT2D eigenvalue weighted by molar-refractivity contribution is -0.137. The second kappa shape index (κ2) is 7.51. The van der Waals surface area contributed by atoms with Crippen LogP contribution in [-0.2, 0) is 11.3 Å². The number of rotatable bonds is 6. The number of aromatic hydroxyl groups is 2. The van der Waals surface area contributed by atoms with E-state index in [0.717, 1.165) is 0 Å². The molecule has 7 nitrogen and oxygen atoms in total. The van der Waals surface area contributed by atoms with E-state index in [9.17, 15) is 19.8 Å². The molecule has 0 saturated heterocycles. The van der Waals surface area contributed by atoms with Gasteiger partial charge in [0, 0.05) is 24.0 Å². The van der Waals surface area contributed by atoms with Gasteiger partial charge in [-0.1, -0.05) is 0 Å². The number of nitrogens with zero attached hydrogens (tertiary/aromatic N) is 1. The van der Waals surface area contributed by atoms with E-state index in [2.05, 4.69) is 31.9 Å². The second-order valence-electron chi connectivity index (χ2n) is 4.29. The molecule has 0 radical (unpaired) electrons. The third-order valence-corrected chi connectivity index (χ3v) is 4.94. The van der Waals surface area contributed by atoms with Gasteiger partial charge in [-0.15, -0.1) is 0 Å². The fraction of sp³-hybridized carbons (Fsp3) is 0.333. The molecule has 0 heterocycles. The Balaban J connectivity index is 2.89. The van der Waals surface area contributed by atoms with Crippen molar-refractivity contribution in [1.29, 1.82) is 0 Å². The number of hydrogen-bond acceptors (Lipinski definition) is 4. The Morgan fingerprint density at radius 2 is 1.86 bits per heavy atom. The third kappa shape index (κ3) is 4.78. The molecule has 1 aromatic rings. The number of nitrogens with two attached hydrogens (primary N) is 1. The Morgan fingerprint density at radius 1 is 1.24 bits per heavy atom. The van der Waals surface area contributed by atoms with Crippen molar-refractivity contribution in [3.05, 3.63) is 20.6 Å². The molecule has 2 amide bonds. The molecule has 9 heteroatoms. The van der Waals surface area contributed by atoms with Crippen LogP contribution < -0.4 is 5.73 Å². The molecule has 0 fully saturated rings. The SMILES string of the molecule is NC(=O)N(CCCC(=O)O)Cc1cc(O)c(O)c(Br)c1Br. The van der Waals surface area contributed by atoms with Crippen LogP contribution in [0.1, 0.15) is 18.4 Å². The first-order chi connectivity index (χ1) is 9.73. The zero-order chi connectivity index (χ0) is 16.2. The van der Waals surface area contributed by atoms with Gasteiger partial charge in [-0.2, -0.15) is 0 Å². The summed E-state index contributed by atoms with van der Waals surface area (Å²) in [5.41, 5.74) is 5.78. The number of carbonyl (C=O) groups is 2. The molecule has 1 aromatic carbocycles. The van der Waals surface area contributed by atoms with Gasteiger partial charge in [0.15, 0.2) is 11.5 Å². The van der Waals surface area contributed by atoms with Crippen molar-refractivity contribution in [2.45, 2.75) is 19.4 Å². The molecule has 0 atom stereocenters. The van der Waals surface area contributed by atoms with Crippen LogP contribution in [0, 0.1) is 0 Å². The molecule has 21 heavy (non-hydrogen) atoms. The van der Waals surface area contributed by atoms with Crippen molar-refractivity contribution in [2.75, 3.05) is 6.54 Å². The van der Waals surface area contributed by atoms with E-state index in [0.29, 0.717) is 10.0 Å². The van der Waals surface area contributed by atoms with Gasteiger partial charge in [0.25, 0.3) is 0 Å². The van der Waals surface area contributed by atoms with Gasteiger partial charge in [-0.05, 0) is 49.9 Å². The molecule has 5 N–H and O–H groups in total. The molecular formula is C12H14Br2N2O5. The number of phenolic OH excluding ortho intramolecular Hbond substituents is 2. The lowest BCUT2D eigenvalue weighted by Gasteiger charge is -2.21. The summed E-state index contributed by atoms with van der Waals surface area (Å²) in [4.78, 5) is 23.1. The number of benzene rings is 1. The molecule has 0 spiro atoms. The van der Waals surface area contributed by atoms with Crippen LogP contribution in [0.3, 0.4) is 0 Å². The van der Waals surface area contributed by atoms with Crippen LogP contribution in [0.15, 0.2) is 15.0 Å². The Labute approximate surface area is 137 Å². The highest BCUT2D eigenvalue weighted by molar-refractivity contribution is 9.13. The Kier molecular flexibility index (Phi) is 6.28. The van der Waals surface area contributed by atoms with E-state index in [1.54, 1.807) is 0 Å². The summed E-state index contributed by atoms with van der Waals surface area (Å²) in [6.45, 7) is 0.245. The summed E-state index contributed by atoms with van der Waals surface area (Å²) in [7, 11) is 0. The number of urea groups is 1. The molecule has 0 aliphatic carbocycles. The van der Waals surface area contributed by atoms with E-state index in [-0.39, 0.29) is 41.9 Å². The highest BCUT2D eigenvalue weighted by atomic mass is 79.9. The number of hydrogen-bond donors (Lipinski definition) is 4. The van der Waals surface area contributed by atoms with Crippen molar-refractivity contribution in [1.82, 2.24) is 4.90 Å². The van der Waals surface area contributed by atoms with Crippen molar-refractivity contribution >= 4 is 43.9 Å². The number of aliphatic carboxylic acids is 1. The van der Waals surface area contributed by atoms with Crippen LogP contribution in [0.25, 0.3) is 0 Å². The van der Waals surface area contributed by atoms with Crippen LogP contribution >= 0.6 is 31.9 Å². The first kappa shape index (κ1) is 17.6. The number of primary amides is 1. The lowest BCUT2D eigenvalue weighted by atomic mass is 10.2. The van der Waals surface area contributed by atoms with E-state index >= 15 is 0 Å². The Morgan fingerprint density at radius 3 is 2.38 bits per heavy atom. The van der Waals surface area contributed by atoms with Gasteiger partial charge < -0.3 is 26.0 Å². The van der Waals surface area contributed by atoms with E-state index in [4.69, 9.17) is 10.8 Å². The number of halogens is 2. The third-order valence-electron chi connectivity index (χ3n) is 2.73. The van der Waals surface area contributed by atoms with Gasteiger partial charge in [0.1, 0.15) is 0 Å². The minimum absolute atomic E-state index is 0.0714. The van der Waals surface area contributed by atoms with Crippen molar-refractivity contribution in [3.8, 4) is 11.5 Å². The lowest BCUT2D eigenvalue weighted by Crippen LogP contribution is -2.36. The zero-order valence-corrected chi connectivity index (χ0v) is 14.0. The number of phenols is 2. The first-order valence-electron chi connectivity index (χ1n) is 5.89. The first-order valence-corrected chi connectivity index (χ1v) is 7.47. The highest BCUT2D eigenvalue weighted by Gasteiger charge is 2.18. The van der Waals surface area contributed by atoms with Gasteiger partial charge in [-0.3, -0.25) is 4.79 Å². The maximum atomic E-state index is 11.4. The van der Waals surface area contributed by atoms with E-state index in [1.807, 2.05) is 0 Å². The Hall–Kier alpha value is -1.48. The summed E-state index contributed by atoms with van der Waals surface area (Å²) in [6, 6.07) is 0.605. The maximum Gasteiger partial charge on any atom is 0.315 e. The predicted octanol–water partition coefficient (Wildman–Crippen LogP) is 2.37. The number of carboxylic acids is 1. The normalized spacial score (nSPS) is 10.4. The quantitative estimate of drug-likeness (QED) is 0.521. The summed E-state index contributed by atoms with van der Waals surface area (Å²) in [6.07, 6.45) is 0.191. The smallest absolute Gasteiger partial charge is 0.315 e. The predicted molar refractivity (Wildman–Crippen MR) is 82.0 cm³/mol. The van der Waals surface area contributed by atoms with Crippen molar-refractivity contribution in [2.24, 2.45) is 5.73 Å². The van der Waals surface area contributed by atoms with E-state index < -0.39 is 12.0 Å². The summed E-state index contributed by atoms with van der Waals surface area (Å²) >= 11 is 6.35. The fourth-order valence-corrected chi connectivity index (χ4v) is 2.55. The summed E-state index contributed by atoms with van der Waals surface area (Å²) < 4.78 is 0.731. The van der Waals surface area contributed by atoms with Crippen LogP contribution in [0.4, 0.5) is 4.79 Å². The molecule has 0 aliphatic heterocycles. The van der Waals surface area contributed by atoms with Crippen molar-refractivity contribution < 1.29 is 24.9 Å². The minimum Gasteiger partial charge on any atom is -0.504 e. The average molecular weight is 426 g/mol. The maximum absolute atomic E-state index is 11.4. The molecule has 116 valence electrons. The summed E-state index contributed by atoms with van der Waals surface area (Å²) in [5.74, 6) is -1.61. The second-order valence-corrected chi connectivity index (χ2v) is 5.87. The summed E-state index contributed by atoms with van der Waals surface area (Å²) in [5, 5.41) is 27.7. The molecule has 0 saturated carbocycles. The van der Waals surface area contributed by atoms with Gasteiger partial charge in [0.2, 0.25) is 0 Å². The van der Waals surface area contributed by atoms with E-state index in [1.165, 1.54) is 11.0 Å². The molecule has 0 aromatic heterocycles. The monoisotopic (exact) mass is 424 g/mol. The zero-order valence-electron chi connectivity index (χ0n) is 10.8. The number of carboxylic acid groups (broad SMARTS) is 1. The van der Waals surface area contributed by atoms with Gasteiger partial charge in [-0.25, -0.2) is 4.79 Å². The van der Waals surface area contributed by atoms with Gasteiger partial charge >= 0.3 is 12.0 Å². The fourth-order valence-electron chi connectivity index (χ4n) is 1.66. The number of amides is 2. The van der Waals surface area contributed by atoms with Crippen LogP contribution in [-0.4, -0.2) is 38.8 Å². The molecule has 0 bridgehead atoms.